The Hall–Kier alpha value is -2.25. The van der Waals surface area contributed by atoms with Gasteiger partial charge in [0.25, 0.3) is 0 Å². The third kappa shape index (κ3) is 4.24. The Labute approximate surface area is 150 Å². The molecule has 0 saturated heterocycles. The number of thiazole rings is 1. The second-order valence-electron chi connectivity index (χ2n) is 5.82. The van der Waals surface area contributed by atoms with Crippen molar-refractivity contribution < 1.29 is 9.13 Å². The first-order chi connectivity index (χ1) is 12.1. The quantitative estimate of drug-likeness (QED) is 0.644. The second-order valence-corrected chi connectivity index (χ2v) is 6.68. The van der Waals surface area contributed by atoms with Gasteiger partial charge in [0.2, 0.25) is 0 Å². The van der Waals surface area contributed by atoms with Crippen molar-refractivity contribution in [2.75, 3.05) is 13.7 Å². The van der Waals surface area contributed by atoms with Gasteiger partial charge < -0.3 is 4.74 Å². The Kier molecular flexibility index (Phi) is 5.45. The molecule has 132 valence electrons. The molecule has 0 unspecified atom stereocenters. The lowest BCUT2D eigenvalue weighted by molar-refractivity contribution is 0.268. The van der Waals surface area contributed by atoms with Gasteiger partial charge >= 0.3 is 0 Å². The standard InChI is InChI=1S/C18H21FN4OS/c1-4-23(9-13-5-6-17(24-3)16(19)7-13)11-15-12-25-18(21-15)14-8-20-22(2)10-14/h5-8,10,12H,4,9,11H2,1-3H3. The molecule has 0 radical (unpaired) electrons. The predicted octanol–water partition coefficient (Wildman–Crippen LogP) is 3.71. The summed E-state index contributed by atoms with van der Waals surface area (Å²) in [5, 5.41) is 7.22. The number of methoxy groups -OCH3 is 1. The van der Waals surface area contributed by atoms with Crippen LogP contribution >= 0.6 is 11.3 Å². The highest BCUT2D eigenvalue weighted by molar-refractivity contribution is 7.13. The van der Waals surface area contributed by atoms with Gasteiger partial charge in [0.15, 0.2) is 11.6 Å². The van der Waals surface area contributed by atoms with Crippen LogP contribution in [-0.2, 0) is 20.1 Å². The number of hydrogen-bond donors (Lipinski definition) is 0. The molecule has 0 aliphatic heterocycles. The summed E-state index contributed by atoms with van der Waals surface area (Å²) in [5.41, 5.74) is 2.96. The van der Waals surface area contributed by atoms with Crippen LogP contribution in [0, 0.1) is 5.82 Å². The number of nitrogens with zero attached hydrogens (tertiary/aromatic N) is 4. The number of hydrogen-bond acceptors (Lipinski definition) is 5. The first-order valence-corrected chi connectivity index (χ1v) is 8.95. The smallest absolute Gasteiger partial charge is 0.165 e. The molecule has 0 spiro atoms. The van der Waals surface area contributed by atoms with Gasteiger partial charge in [-0.2, -0.15) is 5.10 Å². The number of aromatic nitrogens is 3. The van der Waals surface area contributed by atoms with Crippen LogP contribution in [0.2, 0.25) is 0 Å². The van der Waals surface area contributed by atoms with E-state index in [1.807, 2.05) is 25.5 Å². The van der Waals surface area contributed by atoms with Gasteiger partial charge in [-0.05, 0) is 24.2 Å². The molecule has 0 aliphatic rings. The molecule has 2 aromatic heterocycles. The summed E-state index contributed by atoms with van der Waals surface area (Å²) in [6.45, 7) is 4.33. The fourth-order valence-electron chi connectivity index (χ4n) is 2.62. The maximum absolute atomic E-state index is 13.9. The summed E-state index contributed by atoms with van der Waals surface area (Å²) in [7, 11) is 3.36. The molecule has 7 heteroatoms. The van der Waals surface area contributed by atoms with Crippen LogP contribution in [0.15, 0.2) is 36.0 Å². The summed E-state index contributed by atoms with van der Waals surface area (Å²) in [5.74, 6) is -0.0593. The van der Waals surface area contributed by atoms with E-state index in [1.54, 1.807) is 22.1 Å². The van der Waals surface area contributed by atoms with Crippen molar-refractivity contribution in [3.05, 3.63) is 53.0 Å². The fraction of sp³-hybridized carbons (Fsp3) is 0.333. The lowest BCUT2D eigenvalue weighted by Crippen LogP contribution is -2.22. The fourth-order valence-corrected chi connectivity index (χ4v) is 3.41. The van der Waals surface area contributed by atoms with E-state index in [2.05, 4.69) is 22.3 Å². The molecule has 5 nitrogen and oxygen atoms in total. The molecule has 0 N–H and O–H groups in total. The molecular weight excluding hydrogens is 339 g/mol. The van der Waals surface area contributed by atoms with Gasteiger partial charge in [-0.3, -0.25) is 9.58 Å². The Morgan fingerprint density at radius 3 is 2.80 bits per heavy atom. The van der Waals surface area contributed by atoms with E-state index >= 15 is 0 Å². The topological polar surface area (TPSA) is 43.2 Å². The number of rotatable bonds is 7. The Morgan fingerprint density at radius 2 is 2.16 bits per heavy atom. The van der Waals surface area contributed by atoms with E-state index in [0.717, 1.165) is 34.9 Å². The Morgan fingerprint density at radius 1 is 1.32 bits per heavy atom. The summed E-state index contributed by atoms with van der Waals surface area (Å²) < 4.78 is 20.6. The van der Waals surface area contributed by atoms with E-state index in [1.165, 1.54) is 13.2 Å². The van der Waals surface area contributed by atoms with Crippen molar-refractivity contribution in [1.29, 1.82) is 0 Å². The van der Waals surface area contributed by atoms with Gasteiger partial charge in [0.1, 0.15) is 5.01 Å². The minimum absolute atomic E-state index is 0.271. The SMILES string of the molecule is CCN(Cc1ccc(OC)c(F)c1)Cc1csc(-c2cnn(C)c2)n1. The molecule has 0 amide bonds. The van der Waals surface area contributed by atoms with E-state index in [0.29, 0.717) is 6.54 Å². The molecule has 0 aliphatic carbocycles. The molecule has 0 fully saturated rings. The zero-order valence-electron chi connectivity index (χ0n) is 14.6. The van der Waals surface area contributed by atoms with Crippen LogP contribution in [0.25, 0.3) is 10.6 Å². The zero-order valence-corrected chi connectivity index (χ0v) is 15.4. The highest BCUT2D eigenvalue weighted by atomic mass is 32.1. The molecule has 1 aromatic carbocycles. The van der Waals surface area contributed by atoms with Crippen molar-refractivity contribution in [1.82, 2.24) is 19.7 Å². The lowest BCUT2D eigenvalue weighted by Gasteiger charge is -2.19. The average molecular weight is 360 g/mol. The van der Waals surface area contributed by atoms with Crippen molar-refractivity contribution in [2.24, 2.45) is 7.05 Å². The molecule has 3 rings (SSSR count). The monoisotopic (exact) mass is 360 g/mol. The zero-order chi connectivity index (χ0) is 17.8. The summed E-state index contributed by atoms with van der Waals surface area (Å²) in [4.78, 5) is 6.92. The third-order valence-electron chi connectivity index (χ3n) is 3.96. The highest BCUT2D eigenvalue weighted by Crippen LogP contribution is 2.24. The predicted molar refractivity (Wildman–Crippen MR) is 97.1 cm³/mol. The summed E-state index contributed by atoms with van der Waals surface area (Å²) >= 11 is 1.61. The number of benzene rings is 1. The molecule has 0 atom stereocenters. The molecule has 0 bridgehead atoms. The number of halogens is 1. The normalized spacial score (nSPS) is 11.2. The Balaban J connectivity index is 1.68. The number of ether oxygens (including phenoxy) is 1. The summed E-state index contributed by atoms with van der Waals surface area (Å²) in [6, 6.07) is 5.10. The minimum Gasteiger partial charge on any atom is -0.494 e. The summed E-state index contributed by atoms with van der Waals surface area (Å²) in [6.07, 6.45) is 3.78. The maximum atomic E-state index is 13.9. The van der Waals surface area contributed by atoms with Crippen molar-refractivity contribution in [3.8, 4) is 16.3 Å². The Bertz CT molecular complexity index is 845. The van der Waals surface area contributed by atoms with Crippen LogP contribution < -0.4 is 4.74 Å². The van der Waals surface area contributed by atoms with Crippen molar-refractivity contribution in [3.63, 3.8) is 0 Å². The van der Waals surface area contributed by atoms with E-state index in [4.69, 9.17) is 9.72 Å². The largest absolute Gasteiger partial charge is 0.494 e. The first kappa shape index (κ1) is 17.6. The van der Waals surface area contributed by atoms with Gasteiger partial charge in [0.05, 0.1) is 19.0 Å². The van der Waals surface area contributed by atoms with Gasteiger partial charge in [-0.15, -0.1) is 11.3 Å². The maximum Gasteiger partial charge on any atom is 0.165 e. The van der Waals surface area contributed by atoms with Crippen LogP contribution in [0.5, 0.6) is 5.75 Å². The third-order valence-corrected chi connectivity index (χ3v) is 4.90. The number of aryl methyl sites for hydroxylation is 1. The highest BCUT2D eigenvalue weighted by Gasteiger charge is 2.12. The molecular formula is C18H21FN4OS. The van der Waals surface area contributed by atoms with Crippen molar-refractivity contribution >= 4 is 11.3 Å². The first-order valence-electron chi connectivity index (χ1n) is 8.07. The molecule has 3 aromatic rings. The van der Waals surface area contributed by atoms with Crippen LogP contribution in [0.3, 0.4) is 0 Å². The van der Waals surface area contributed by atoms with E-state index in [-0.39, 0.29) is 11.6 Å². The molecule has 0 saturated carbocycles. The van der Waals surface area contributed by atoms with Crippen LogP contribution in [0.1, 0.15) is 18.2 Å². The average Bonchev–Trinajstić information content (AvgIpc) is 3.23. The van der Waals surface area contributed by atoms with E-state index in [9.17, 15) is 4.39 Å². The van der Waals surface area contributed by atoms with E-state index < -0.39 is 0 Å². The molecule has 25 heavy (non-hydrogen) atoms. The lowest BCUT2D eigenvalue weighted by atomic mass is 10.2. The van der Waals surface area contributed by atoms with Gasteiger partial charge in [-0.25, -0.2) is 9.37 Å². The molecule has 2 heterocycles. The van der Waals surface area contributed by atoms with Crippen molar-refractivity contribution in [2.45, 2.75) is 20.0 Å². The van der Waals surface area contributed by atoms with Gasteiger partial charge in [-0.1, -0.05) is 13.0 Å². The second kappa shape index (κ2) is 7.76. The van der Waals surface area contributed by atoms with Crippen LogP contribution in [-0.4, -0.2) is 33.3 Å². The minimum atomic E-state index is -0.330. The van der Waals surface area contributed by atoms with Gasteiger partial charge in [0, 0.05) is 37.3 Å². The van der Waals surface area contributed by atoms with Crippen LogP contribution in [0.4, 0.5) is 4.39 Å².